The van der Waals surface area contributed by atoms with E-state index in [0.29, 0.717) is 0 Å². The minimum absolute atomic E-state index is 0.920. The van der Waals surface area contributed by atoms with Crippen molar-refractivity contribution in [1.29, 1.82) is 0 Å². The Labute approximate surface area is 198 Å². The molecule has 3 nitrogen and oxygen atoms in total. The average Bonchev–Trinajstić information content (AvgIpc) is 3.26. The summed E-state index contributed by atoms with van der Waals surface area (Å²) in [7, 11) is 0. The zero-order chi connectivity index (χ0) is 22.9. The number of benzene rings is 5. The predicted molar refractivity (Wildman–Crippen MR) is 143 cm³/mol. The second kappa shape index (κ2) is 8.45. The SMILES string of the molecule is Cc1cc(Nc2ccc(-c3cccc4c3oc3ccccc34)cc2)ccc1Nc1ccccc1. The Kier molecular flexibility index (Phi) is 5.00. The molecule has 0 aliphatic heterocycles. The lowest BCUT2D eigenvalue weighted by atomic mass is 10.0. The van der Waals surface area contributed by atoms with Crippen molar-refractivity contribution in [2.75, 3.05) is 10.6 Å². The van der Waals surface area contributed by atoms with Gasteiger partial charge in [-0.3, -0.25) is 0 Å². The zero-order valence-electron chi connectivity index (χ0n) is 18.9. The molecule has 0 aliphatic rings. The van der Waals surface area contributed by atoms with E-state index in [1.807, 2.05) is 30.3 Å². The van der Waals surface area contributed by atoms with Gasteiger partial charge in [-0.05, 0) is 66.6 Å². The molecule has 6 rings (SSSR count). The van der Waals surface area contributed by atoms with Crippen LogP contribution in [-0.4, -0.2) is 0 Å². The van der Waals surface area contributed by atoms with Crippen LogP contribution in [0.3, 0.4) is 0 Å². The lowest BCUT2D eigenvalue weighted by Gasteiger charge is -2.13. The Bertz CT molecular complexity index is 1600. The normalized spacial score (nSPS) is 11.1. The van der Waals surface area contributed by atoms with E-state index in [-0.39, 0.29) is 0 Å². The van der Waals surface area contributed by atoms with Crippen molar-refractivity contribution < 1.29 is 4.42 Å². The van der Waals surface area contributed by atoms with Crippen LogP contribution in [0, 0.1) is 6.92 Å². The van der Waals surface area contributed by atoms with E-state index in [4.69, 9.17) is 4.42 Å². The van der Waals surface area contributed by atoms with Crippen molar-refractivity contribution in [3.05, 3.63) is 121 Å². The topological polar surface area (TPSA) is 37.2 Å². The van der Waals surface area contributed by atoms with Gasteiger partial charge in [-0.15, -0.1) is 0 Å². The van der Waals surface area contributed by atoms with Crippen molar-refractivity contribution >= 4 is 44.7 Å². The molecule has 0 saturated carbocycles. The lowest BCUT2D eigenvalue weighted by molar-refractivity contribution is 0.670. The van der Waals surface area contributed by atoms with Crippen LogP contribution in [0.1, 0.15) is 5.56 Å². The van der Waals surface area contributed by atoms with Gasteiger partial charge in [0.05, 0.1) is 0 Å². The average molecular weight is 441 g/mol. The van der Waals surface area contributed by atoms with E-state index in [0.717, 1.165) is 55.8 Å². The Hall–Kier alpha value is -4.50. The van der Waals surface area contributed by atoms with Gasteiger partial charge in [-0.25, -0.2) is 0 Å². The maximum Gasteiger partial charge on any atom is 0.143 e. The summed E-state index contributed by atoms with van der Waals surface area (Å²) in [6, 6.07) is 39.6. The summed E-state index contributed by atoms with van der Waals surface area (Å²) in [6.45, 7) is 2.12. The molecule has 0 atom stereocenters. The Morgan fingerprint density at radius 1 is 0.559 bits per heavy atom. The number of furan rings is 1. The first kappa shape index (κ1) is 20.1. The zero-order valence-corrected chi connectivity index (χ0v) is 18.9. The Morgan fingerprint density at radius 2 is 1.26 bits per heavy atom. The molecule has 0 aliphatic carbocycles. The smallest absolute Gasteiger partial charge is 0.143 e. The van der Waals surface area contributed by atoms with Gasteiger partial charge in [0.1, 0.15) is 11.2 Å². The van der Waals surface area contributed by atoms with Crippen molar-refractivity contribution in [3.8, 4) is 11.1 Å². The number of nitrogens with one attached hydrogen (secondary N) is 2. The number of anilines is 4. The number of para-hydroxylation sites is 3. The third kappa shape index (κ3) is 3.78. The first-order valence-corrected chi connectivity index (χ1v) is 11.4. The van der Waals surface area contributed by atoms with Crippen molar-refractivity contribution in [1.82, 2.24) is 0 Å². The predicted octanol–water partition coefficient (Wildman–Crippen LogP) is 9.05. The van der Waals surface area contributed by atoms with Crippen LogP contribution in [0.25, 0.3) is 33.1 Å². The van der Waals surface area contributed by atoms with Gasteiger partial charge in [0.15, 0.2) is 0 Å². The third-order valence-electron chi connectivity index (χ3n) is 6.17. The van der Waals surface area contributed by atoms with Gasteiger partial charge in [-0.2, -0.15) is 0 Å². The summed E-state index contributed by atoms with van der Waals surface area (Å²) < 4.78 is 6.21. The molecule has 164 valence electrons. The molecule has 0 bridgehead atoms. The van der Waals surface area contributed by atoms with Crippen LogP contribution in [-0.2, 0) is 0 Å². The summed E-state index contributed by atoms with van der Waals surface area (Å²) in [5.74, 6) is 0. The number of aryl methyl sites for hydroxylation is 1. The van der Waals surface area contributed by atoms with E-state index < -0.39 is 0 Å². The fourth-order valence-corrected chi connectivity index (χ4v) is 4.43. The first-order chi connectivity index (χ1) is 16.7. The van der Waals surface area contributed by atoms with E-state index in [1.54, 1.807) is 0 Å². The minimum atomic E-state index is 0.920. The first-order valence-electron chi connectivity index (χ1n) is 11.4. The van der Waals surface area contributed by atoms with Gasteiger partial charge in [0.25, 0.3) is 0 Å². The number of rotatable bonds is 5. The fourth-order valence-electron chi connectivity index (χ4n) is 4.43. The molecule has 3 heteroatoms. The minimum Gasteiger partial charge on any atom is -0.455 e. The molecular weight excluding hydrogens is 416 g/mol. The van der Waals surface area contributed by atoms with Crippen molar-refractivity contribution in [2.24, 2.45) is 0 Å². The molecule has 0 spiro atoms. The number of fused-ring (bicyclic) bond motifs is 3. The van der Waals surface area contributed by atoms with Crippen molar-refractivity contribution in [3.63, 3.8) is 0 Å². The monoisotopic (exact) mass is 440 g/mol. The van der Waals surface area contributed by atoms with Crippen LogP contribution in [0.5, 0.6) is 0 Å². The van der Waals surface area contributed by atoms with Crippen molar-refractivity contribution in [2.45, 2.75) is 6.92 Å². The highest BCUT2D eigenvalue weighted by atomic mass is 16.3. The molecule has 5 aromatic carbocycles. The molecule has 0 fully saturated rings. The summed E-state index contributed by atoms with van der Waals surface area (Å²) in [5.41, 5.74) is 9.56. The van der Waals surface area contributed by atoms with Crippen LogP contribution >= 0.6 is 0 Å². The maximum absolute atomic E-state index is 6.21. The number of hydrogen-bond donors (Lipinski definition) is 2. The Morgan fingerprint density at radius 3 is 2.09 bits per heavy atom. The highest BCUT2D eigenvalue weighted by molar-refractivity contribution is 6.09. The molecule has 1 heterocycles. The van der Waals surface area contributed by atoms with Gasteiger partial charge in [0, 0.05) is 39.1 Å². The molecule has 1 aromatic heterocycles. The van der Waals surface area contributed by atoms with Crippen LogP contribution in [0.4, 0.5) is 22.7 Å². The van der Waals surface area contributed by atoms with E-state index in [9.17, 15) is 0 Å². The second-order valence-corrected chi connectivity index (χ2v) is 8.50. The van der Waals surface area contributed by atoms with Crippen LogP contribution in [0.2, 0.25) is 0 Å². The fraction of sp³-hybridized carbons (Fsp3) is 0.0323. The second-order valence-electron chi connectivity index (χ2n) is 8.50. The Balaban J connectivity index is 1.24. The largest absolute Gasteiger partial charge is 0.455 e. The summed E-state index contributed by atoms with van der Waals surface area (Å²) in [6.07, 6.45) is 0. The molecule has 0 unspecified atom stereocenters. The molecule has 0 radical (unpaired) electrons. The van der Waals surface area contributed by atoms with Gasteiger partial charge < -0.3 is 15.1 Å². The van der Waals surface area contributed by atoms with Crippen LogP contribution < -0.4 is 10.6 Å². The van der Waals surface area contributed by atoms with Gasteiger partial charge in [0.2, 0.25) is 0 Å². The van der Waals surface area contributed by atoms with Gasteiger partial charge >= 0.3 is 0 Å². The van der Waals surface area contributed by atoms with E-state index in [1.165, 1.54) is 5.56 Å². The molecule has 0 amide bonds. The van der Waals surface area contributed by atoms with E-state index in [2.05, 4.69) is 102 Å². The van der Waals surface area contributed by atoms with Crippen LogP contribution in [0.15, 0.2) is 120 Å². The maximum atomic E-state index is 6.21. The lowest BCUT2D eigenvalue weighted by Crippen LogP contribution is -1.95. The summed E-state index contributed by atoms with van der Waals surface area (Å²) >= 11 is 0. The summed E-state index contributed by atoms with van der Waals surface area (Å²) in [5, 5.41) is 9.30. The van der Waals surface area contributed by atoms with Gasteiger partial charge in [-0.1, -0.05) is 66.7 Å². The molecule has 2 N–H and O–H groups in total. The van der Waals surface area contributed by atoms with E-state index >= 15 is 0 Å². The highest BCUT2D eigenvalue weighted by Crippen LogP contribution is 2.36. The quantitative estimate of drug-likeness (QED) is 0.281. The summed E-state index contributed by atoms with van der Waals surface area (Å²) in [4.78, 5) is 0. The highest BCUT2D eigenvalue weighted by Gasteiger charge is 2.11. The molecule has 0 saturated heterocycles. The molecule has 34 heavy (non-hydrogen) atoms. The third-order valence-corrected chi connectivity index (χ3v) is 6.17. The standard InChI is InChI=1S/C31H24N2O/c1-21-20-25(18-19-29(21)33-23-8-3-2-4-9-23)32-24-16-14-22(15-17-24)26-11-7-12-28-27-10-5-6-13-30(27)34-31(26)28/h2-20,32-33H,1H3. The number of hydrogen-bond acceptors (Lipinski definition) is 3. The molecule has 6 aromatic rings. The molecular formula is C31H24N2O.